The zero-order valence-corrected chi connectivity index (χ0v) is 15.1. The molecule has 0 fully saturated rings. The Morgan fingerprint density at radius 1 is 0.920 bits per heavy atom. The molecular formula is C19H18F3NOSi. The summed E-state index contributed by atoms with van der Waals surface area (Å²) in [6, 6.07) is 13.3. The van der Waals surface area contributed by atoms with Gasteiger partial charge in [-0.2, -0.15) is 13.2 Å². The molecule has 25 heavy (non-hydrogen) atoms. The monoisotopic (exact) mass is 361 g/mol. The van der Waals surface area contributed by atoms with E-state index >= 15 is 0 Å². The molecule has 0 atom stereocenters. The van der Waals surface area contributed by atoms with E-state index in [1.54, 1.807) is 12.1 Å². The Bertz CT molecular complexity index is 821. The van der Waals surface area contributed by atoms with Gasteiger partial charge in [-0.15, -0.1) is 5.54 Å². The van der Waals surface area contributed by atoms with Gasteiger partial charge in [0.2, 0.25) is 0 Å². The number of hydrogen-bond donors (Lipinski definition) is 1. The first-order valence-electron chi connectivity index (χ1n) is 7.63. The van der Waals surface area contributed by atoms with Crippen LogP contribution in [0.4, 0.5) is 13.2 Å². The van der Waals surface area contributed by atoms with E-state index in [0.717, 1.165) is 16.7 Å². The zero-order chi connectivity index (χ0) is 18.7. The number of nitrogens with zero attached hydrogens (tertiary/aromatic N) is 1. The third kappa shape index (κ3) is 5.23. The lowest BCUT2D eigenvalue weighted by atomic mass is 10.0. The van der Waals surface area contributed by atoms with Gasteiger partial charge in [-0.05, 0) is 23.3 Å². The molecule has 2 nitrogen and oxygen atoms in total. The maximum Gasteiger partial charge on any atom is 0.437 e. The molecule has 2 aromatic rings. The van der Waals surface area contributed by atoms with Crippen molar-refractivity contribution in [1.82, 2.24) is 0 Å². The second kappa shape index (κ2) is 7.15. The Morgan fingerprint density at radius 3 is 1.80 bits per heavy atom. The highest BCUT2D eigenvalue weighted by Crippen LogP contribution is 2.25. The van der Waals surface area contributed by atoms with E-state index in [1.165, 1.54) is 12.1 Å². The van der Waals surface area contributed by atoms with Crippen molar-refractivity contribution in [3.63, 3.8) is 0 Å². The minimum atomic E-state index is -4.70. The third-order valence-electron chi connectivity index (χ3n) is 3.33. The maximum absolute atomic E-state index is 12.7. The van der Waals surface area contributed by atoms with Crippen molar-refractivity contribution in [2.24, 2.45) is 5.16 Å². The summed E-state index contributed by atoms with van der Waals surface area (Å²) in [5.74, 6) is 3.15. The summed E-state index contributed by atoms with van der Waals surface area (Å²) in [5.41, 5.74) is 4.35. The smallest absolute Gasteiger partial charge is 0.410 e. The average molecular weight is 361 g/mol. The number of alkyl halides is 3. The van der Waals surface area contributed by atoms with Crippen molar-refractivity contribution >= 4 is 13.8 Å². The Hall–Kier alpha value is -2.52. The lowest BCUT2D eigenvalue weighted by Crippen LogP contribution is -2.23. The van der Waals surface area contributed by atoms with Gasteiger partial charge in [0.15, 0.2) is 5.71 Å². The summed E-state index contributed by atoms with van der Waals surface area (Å²) in [4.78, 5) is 0. The van der Waals surface area contributed by atoms with Crippen LogP contribution >= 0.6 is 0 Å². The van der Waals surface area contributed by atoms with E-state index in [1.807, 2.05) is 24.3 Å². The molecule has 0 unspecified atom stereocenters. The van der Waals surface area contributed by atoms with E-state index in [0.29, 0.717) is 0 Å². The summed E-state index contributed by atoms with van der Waals surface area (Å²) in [6.45, 7) is 6.50. The first-order chi connectivity index (χ1) is 11.6. The van der Waals surface area contributed by atoms with Crippen molar-refractivity contribution in [1.29, 1.82) is 0 Å². The van der Waals surface area contributed by atoms with Crippen molar-refractivity contribution in [3.8, 4) is 22.6 Å². The van der Waals surface area contributed by atoms with Crippen LogP contribution in [0, 0.1) is 11.5 Å². The van der Waals surface area contributed by atoms with E-state index < -0.39 is 20.0 Å². The number of rotatable bonds is 2. The van der Waals surface area contributed by atoms with Gasteiger partial charge in [0.05, 0.1) is 0 Å². The predicted octanol–water partition coefficient (Wildman–Crippen LogP) is 5.32. The lowest BCUT2D eigenvalue weighted by Gasteiger charge is -2.09. The van der Waals surface area contributed by atoms with E-state index in [-0.39, 0.29) is 5.56 Å². The standard InChI is InChI=1S/C19H18F3NOSi/c1-25(2,3)13-12-14-4-6-15(7-5-14)16-8-10-17(11-9-16)18(23-24)19(20,21)22/h4-11,24H,1-3H3/b23-18-. The van der Waals surface area contributed by atoms with Gasteiger partial charge in [-0.1, -0.05) is 67.1 Å². The van der Waals surface area contributed by atoms with Crippen LogP contribution in [-0.2, 0) is 0 Å². The minimum absolute atomic E-state index is 0.184. The molecule has 0 spiro atoms. The van der Waals surface area contributed by atoms with Crippen molar-refractivity contribution in [2.45, 2.75) is 25.8 Å². The van der Waals surface area contributed by atoms with Crippen LogP contribution in [0.2, 0.25) is 19.6 Å². The molecule has 0 bridgehead atoms. The van der Waals surface area contributed by atoms with Crippen molar-refractivity contribution in [2.75, 3.05) is 0 Å². The summed E-state index contributed by atoms with van der Waals surface area (Å²) in [7, 11) is -1.44. The van der Waals surface area contributed by atoms with E-state index in [2.05, 4.69) is 36.3 Å². The first kappa shape index (κ1) is 18.8. The van der Waals surface area contributed by atoms with Gasteiger partial charge in [0.25, 0.3) is 0 Å². The van der Waals surface area contributed by atoms with Gasteiger partial charge in [-0.25, -0.2) is 0 Å². The molecule has 0 radical (unpaired) electrons. The van der Waals surface area contributed by atoms with Gasteiger partial charge < -0.3 is 5.21 Å². The molecule has 0 saturated carbocycles. The van der Waals surface area contributed by atoms with Crippen LogP contribution < -0.4 is 0 Å². The number of hydrogen-bond acceptors (Lipinski definition) is 2. The van der Waals surface area contributed by atoms with Crippen molar-refractivity contribution in [3.05, 3.63) is 59.7 Å². The topological polar surface area (TPSA) is 32.6 Å². The third-order valence-corrected chi connectivity index (χ3v) is 4.20. The molecule has 0 aliphatic carbocycles. The van der Waals surface area contributed by atoms with E-state index in [4.69, 9.17) is 5.21 Å². The molecule has 2 rings (SSSR count). The maximum atomic E-state index is 12.7. The summed E-state index contributed by atoms with van der Waals surface area (Å²) in [6.07, 6.45) is -4.70. The van der Waals surface area contributed by atoms with Gasteiger partial charge >= 0.3 is 6.18 Å². The SMILES string of the molecule is C[Si](C)(C)C#Cc1ccc(-c2ccc(/C(=N/O)C(F)(F)F)cc2)cc1. The Labute approximate surface area is 146 Å². The first-order valence-corrected chi connectivity index (χ1v) is 11.1. The molecule has 0 heterocycles. The van der Waals surface area contributed by atoms with Gasteiger partial charge in [-0.3, -0.25) is 0 Å². The molecule has 0 aromatic heterocycles. The quantitative estimate of drug-likeness (QED) is 0.253. The van der Waals surface area contributed by atoms with Crippen LogP contribution in [0.15, 0.2) is 53.7 Å². The fourth-order valence-corrected chi connectivity index (χ4v) is 2.62. The average Bonchev–Trinajstić information content (AvgIpc) is 2.53. The fourth-order valence-electron chi connectivity index (χ4n) is 2.10. The van der Waals surface area contributed by atoms with Gasteiger partial charge in [0.1, 0.15) is 8.07 Å². The highest BCUT2D eigenvalue weighted by Gasteiger charge is 2.37. The number of oxime groups is 1. The fraction of sp³-hybridized carbons (Fsp3) is 0.211. The second-order valence-corrected chi connectivity index (χ2v) is 11.4. The molecule has 2 aromatic carbocycles. The summed E-state index contributed by atoms with van der Waals surface area (Å²) < 4.78 is 38.2. The highest BCUT2D eigenvalue weighted by atomic mass is 28.3. The van der Waals surface area contributed by atoms with Crippen LogP contribution in [0.25, 0.3) is 11.1 Å². The molecule has 1 N–H and O–H groups in total. The molecule has 0 aliphatic heterocycles. The predicted molar refractivity (Wildman–Crippen MR) is 96.5 cm³/mol. The zero-order valence-electron chi connectivity index (χ0n) is 14.1. The number of halogens is 3. The van der Waals surface area contributed by atoms with Crippen LogP contribution in [0.1, 0.15) is 11.1 Å². The van der Waals surface area contributed by atoms with Crippen LogP contribution in [-0.4, -0.2) is 25.2 Å². The normalized spacial score (nSPS) is 12.5. The molecule has 0 saturated heterocycles. The number of benzene rings is 2. The Kier molecular flexibility index (Phi) is 5.38. The summed E-state index contributed by atoms with van der Waals surface area (Å²) >= 11 is 0. The van der Waals surface area contributed by atoms with Crippen molar-refractivity contribution < 1.29 is 18.4 Å². The van der Waals surface area contributed by atoms with Gasteiger partial charge in [0, 0.05) is 11.1 Å². The Morgan fingerprint density at radius 2 is 1.40 bits per heavy atom. The molecule has 0 aliphatic rings. The largest absolute Gasteiger partial charge is 0.437 e. The lowest BCUT2D eigenvalue weighted by molar-refractivity contribution is -0.0601. The molecular weight excluding hydrogens is 343 g/mol. The van der Waals surface area contributed by atoms with Crippen LogP contribution in [0.3, 0.4) is 0 Å². The molecule has 0 amide bonds. The highest BCUT2D eigenvalue weighted by molar-refractivity contribution is 6.83. The van der Waals surface area contributed by atoms with Crippen LogP contribution in [0.5, 0.6) is 0 Å². The molecule has 130 valence electrons. The minimum Gasteiger partial charge on any atom is -0.410 e. The van der Waals surface area contributed by atoms with E-state index in [9.17, 15) is 13.2 Å². The molecule has 6 heteroatoms. The second-order valence-electron chi connectivity index (χ2n) is 6.60. The summed E-state index contributed by atoms with van der Waals surface area (Å²) in [5, 5.41) is 11.0. The Balaban J connectivity index is 2.24.